The molecule has 0 aliphatic heterocycles. The summed E-state index contributed by atoms with van der Waals surface area (Å²) < 4.78 is 0. The van der Waals surface area contributed by atoms with Gasteiger partial charge in [-0.3, -0.25) is 4.79 Å². The molecule has 2 aromatic rings. The van der Waals surface area contributed by atoms with Crippen molar-refractivity contribution >= 4 is 17.6 Å². The van der Waals surface area contributed by atoms with E-state index in [1.165, 1.54) is 24.3 Å². The molecular formula is C16H12N2O3. The lowest BCUT2D eigenvalue weighted by Gasteiger charge is -2.09. The van der Waals surface area contributed by atoms with E-state index >= 15 is 0 Å². The van der Waals surface area contributed by atoms with Gasteiger partial charge in [-0.1, -0.05) is 18.2 Å². The van der Waals surface area contributed by atoms with Crippen LogP contribution in [0, 0.1) is 18.3 Å². The normalized spacial score (nSPS) is 9.71. The van der Waals surface area contributed by atoms with Crippen molar-refractivity contribution < 1.29 is 14.7 Å². The Morgan fingerprint density at radius 2 is 1.81 bits per heavy atom. The molecule has 0 unspecified atom stereocenters. The Labute approximate surface area is 121 Å². The number of amides is 1. The quantitative estimate of drug-likeness (QED) is 0.904. The summed E-state index contributed by atoms with van der Waals surface area (Å²) in [5, 5.41) is 20.7. The summed E-state index contributed by atoms with van der Waals surface area (Å²) >= 11 is 0. The molecule has 5 heteroatoms. The highest BCUT2D eigenvalue weighted by atomic mass is 16.4. The van der Waals surface area contributed by atoms with Crippen LogP contribution in [0.4, 0.5) is 5.69 Å². The average molecular weight is 280 g/mol. The minimum Gasteiger partial charge on any atom is -0.478 e. The van der Waals surface area contributed by atoms with Gasteiger partial charge >= 0.3 is 5.97 Å². The van der Waals surface area contributed by atoms with Crippen molar-refractivity contribution in [2.75, 3.05) is 5.32 Å². The van der Waals surface area contributed by atoms with Crippen LogP contribution in [0.2, 0.25) is 0 Å². The first-order valence-electron chi connectivity index (χ1n) is 6.17. The molecule has 0 aliphatic rings. The van der Waals surface area contributed by atoms with Crippen molar-refractivity contribution in [2.45, 2.75) is 6.92 Å². The molecule has 0 aliphatic carbocycles. The minimum absolute atomic E-state index is 0.0346. The standard InChI is InChI=1S/C16H12N2O3/c1-10-4-2-7-14(13(10)9-17)18-15(19)11-5-3-6-12(8-11)16(20)21/h2-8H,1H3,(H,18,19)(H,20,21). The molecule has 0 saturated carbocycles. The van der Waals surface area contributed by atoms with Crippen LogP contribution in [-0.4, -0.2) is 17.0 Å². The molecule has 2 N–H and O–H groups in total. The zero-order chi connectivity index (χ0) is 15.4. The number of aromatic carboxylic acids is 1. The number of rotatable bonds is 3. The number of carbonyl (C=O) groups excluding carboxylic acids is 1. The third-order valence-electron chi connectivity index (χ3n) is 3.00. The molecule has 0 saturated heterocycles. The molecule has 0 radical (unpaired) electrons. The Morgan fingerprint density at radius 1 is 1.14 bits per heavy atom. The van der Waals surface area contributed by atoms with E-state index in [1.54, 1.807) is 25.1 Å². The van der Waals surface area contributed by atoms with Gasteiger partial charge in [0.05, 0.1) is 16.8 Å². The Morgan fingerprint density at radius 3 is 2.48 bits per heavy atom. The zero-order valence-corrected chi connectivity index (χ0v) is 11.3. The smallest absolute Gasteiger partial charge is 0.335 e. The number of nitrogens with zero attached hydrogens (tertiary/aromatic N) is 1. The van der Waals surface area contributed by atoms with Crippen LogP contribution in [0.5, 0.6) is 0 Å². The summed E-state index contributed by atoms with van der Waals surface area (Å²) in [6, 6.07) is 12.9. The van der Waals surface area contributed by atoms with E-state index in [2.05, 4.69) is 5.32 Å². The van der Waals surface area contributed by atoms with Gasteiger partial charge in [-0.25, -0.2) is 4.79 Å². The van der Waals surface area contributed by atoms with Crippen molar-refractivity contribution in [1.29, 1.82) is 5.26 Å². The van der Waals surface area contributed by atoms with Gasteiger partial charge in [-0.15, -0.1) is 0 Å². The predicted octanol–water partition coefficient (Wildman–Crippen LogP) is 2.82. The summed E-state index contributed by atoms with van der Waals surface area (Å²) in [7, 11) is 0. The van der Waals surface area contributed by atoms with Gasteiger partial charge in [0.25, 0.3) is 5.91 Å². The molecule has 5 nitrogen and oxygen atoms in total. The summed E-state index contributed by atoms with van der Waals surface area (Å²) in [6.07, 6.45) is 0. The summed E-state index contributed by atoms with van der Waals surface area (Å²) in [6.45, 7) is 1.78. The molecule has 0 spiro atoms. The summed E-state index contributed by atoms with van der Waals surface area (Å²) in [5.74, 6) is -1.56. The third-order valence-corrected chi connectivity index (χ3v) is 3.00. The van der Waals surface area contributed by atoms with Gasteiger partial charge in [-0.2, -0.15) is 5.26 Å². The van der Waals surface area contributed by atoms with Crippen molar-refractivity contribution in [3.8, 4) is 6.07 Å². The SMILES string of the molecule is Cc1cccc(NC(=O)c2cccc(C(=O)O)c2)c1C#N. The first-order valence-corrected chi connectivity index (χ1v) is 6.17. The Kier molecular flexibility index (Phi) is 4.00. The maximum atomic E-state index is 12.2. The number of carboxylic acids is 1. The lowest BCUT2D eigenvalue weighted by Crippen LogP contribution is -2.14. The van der Waals surface area contributed by atoms with Crippen LogP contribution in [0.15, 0.2) is 42.5 Å². The van der Waals surface area contributed by atoms with Gasteiger partial charge in [-0.05, 0) is 36.8 Å². The number of aryl methyl sites for hydroxylation is 1. The first kappa shape index (κ1) is 14.3. The van der Waals surface area contributed by atoms with Crippen LogP contribution in [0.3, 0.4) is 0 Å². The number of hydrogen-bond donors (Lipinski definition) is 2. The second-order valence-corrected chi connectivity index (χ2v) is 4.45. The van der Waals surface area contributed by atoms with Gasteiger partial charge in [0, 0.05) is 5.56 Å². The second kappa shape index (κ2) is 5.88. The van der Waals surface area contributed by atoms with E-state index in [4.69, 9.17) is 10.4 Å². The van der Waals surface area contributed by atoms with Crippen LogP contribution in [-0.2, 0) is 0 Å². The molecule has 21 heavy (non-hydrogen) atoms. The first-order chi connectivity index (χ1) is 10.0. The highest BCUT2D eigenvalue weighted by Gasteiger charge is 2.12. The van der Waals surface area contributed by atoms with Crippen LogP contribution >= 0.6 is 0 Å². The number of nitriles is 1. The average Bonchev–Trinajstić information content (AvgIpc) is 2.47. The number of carbonyl (C=O) groups is 2. The number of carboxylic acid groups (broad SMARTS) is 1. The van der Waals surface area contributed by atoms with Crippen LogP contribution in [0.25, 0.3) is 0 Å². The number of nitrogens with one attached hydrogen (secondary N) is 1. The molecule has 0 fully saturated rings. The molecule has 0 heterocycles. The highest BCUT2D eigenvalue weighted by Crippen LogP contribution is 2.19. The summed E-state index contributed by atoms with van der Waals surface area (Å²) in [4.78, 5) is 23.1. The Bertz CT molecular complexity index is 760. The number of anilines is 1. The zero-order valence-electron chi connectivity index (χ0n) is 11.3. The second-order valence-electron chi connectivity index (χ2n) is 4.45. The molecule has 0 bridgehead atoms. The molecule has 2 aromatic carbocycles. The van der Waals surface area contributed by atoms with Crippen LogP contribution < -0.4 is 5.32 Å². The molecule has 2 rings (SSSR count). The molecule has 104 valence electrons. The summed E-state index contributed by atoms with van der Waals surface area (Å²) in [5.41, 5.74) is 1.81. The fraction of sp³-hybridized carbons (Fsp3) is 0.0625. The Hall–Kier alpha value is -3.13. The highest BCUT2D eigenvalue weighted by molar-refractivity contribution is 6.06. The van der Waals surface area contributed by atoms with Gasteiger partial charge in [0.2, 0.25) is 0 Å². The van der Waals surface area contributed by atoms with E-state index < -0.39 is 11.9 Å². The van der Waals surface area contributed by atoms with Crippen molar-refractivity contribution in [2.24, 2.45) is 0 Å². The maximum absolute atomic E-state index is 12.2. The monoisotopic (exact) mass is 280 g/mol. The Balaban J connectivity index is 2.31. The fourth-order valence-corrected chi connectivity index (χ4v) is 1.91. The largest absolute Gasteiger partial charge is 0.478 e. The lowest BCUT2D eigenvalue weighted by molar-refractivity contribution is 0.0697. The minimum atomic E-state index is -1.10. The molecule has 1 amide bonds. The van der Waals surface area contributed by atoms with Crippen LogP contribution in [0.1, 0.15) is 31.8 Å². The van der Waals surface area contributed by atoms with Gasteiger partial charge in [0.1, 0.15) is 6.07 Å². The van der Waals surface area contributed by atoms with E-state index in [-0.39, 0.29) is 11.1 Å². The lowest BCUT2D eigenvalue weighted by atomic mass is 10.1. The number of benzene rings is 2. The van der Waals surface area contributed by atoms with Crippen molar-refractivity contribution in [1.82, 2.24) is 0 Å². The fourth-order valence-electron chi connectivity index (χ4n) is 1.91. The topological polar surface area (TPSA) is 90.2 Å². The van der Waals surface area contributed by atoms with Crippen molar-refractivity contribution in [3.63, 3.8) is 0 Å². The van der Waals surface area contributed by atoms with E-state index in [0.29, 0.717) is 11.3 Å². The molecular weight excluding hydrogens is 268 g/mol. The van der Waals surface area contributed by atoms with Crippen molar-refractivity contribution in [3.05, 3.63) is 64.7 Å². The maximum Gasteiger partial charge on any atom is 0.335 e. The number of hydrogen-bond acceptors (Lipinski definition) is 3. The molecule has 0 aromatic heterocycles. The third kappa shape index (κ3) is 3.07. The molecule has 0 atom stereocenters. The predicted molar refractivity (Wildman–Crippen MR) is 77.2 cm³/mol. The van der Waals surface area contributed by atoms with Gasteiger partial charge in [0.15, 0.2) is 0 Å². The van der Waals surface area contributed by atoms with E-state index in [0.717, 1.165) is 5.56 Å². The van der Waals surface area contributed by atoms with E-state index in [1.807, 2.05) is 6.07 Å². The van der Waals surface area contributed by atoms with Gasteiger partial charge < -0.3 is 10.4 Å². The van der Waals surface area contributed by atoms with E-state index in [9.17, 15) is 9.59 Å².